The number of carbonyl (C=O) groups excluding carboxylic acids is 3. The van der Waals surface area contributed by atoms with Gasteiger partial charge in [-0.1, -0.05) is 20.8 Å². The van der Waals surface area contributed by atoms with Crippen molar-refractivity contribution < 1.29 is 14.4 Å². The summed E-state index contributed by atoms with van der Waals surface area (Å²) >= 11 is 0. The maximum absolute atomic E-state index is 12.1. The average Bonchev–Trinajstić information content (AvgIpc) is 2.42. The Morgan fingerprint density at radius 3 is 1.55 bits per heavy atom. The molecule has 0 aliphatic heterocycles. The molecule has 3 N–H and O–H groups in total. The molecule has 0 fully saturated rings. The molecule has 0 radical (unpaired) electrons. The van der Waals surface area contributed by atoms with Crippen LogP contribution in [0.4, 0.5) is 0 Å². The minimum absolute atomic E-state index is 0.0799. The van der Waals surface area contributed by atoms with Crippen LogP contribution in [-0.2, 0) is 14.4 Å². The molecule has 0 bridgehead atoms. The lowest BCUT2D eigenvalue weighted by atomic mass is 10.1. The fourth-order valence-electron chi connectivity index (χ4n) is 1.91. The Morgan fingerprint density at radius 1 is 0.800 bits per heavy atom. The van der Waals surface area contributed by atoms with Crippen LogP contribution in [0.3, 0.4) is 0 Å². The molecule has 0 aromatic carbocycles. The number of nitrogens with one attached hydrogen (secondary N) is 3. The standard InChI is InChI=1S/C14H27N3O3/c1-6-10(9(4)18)16-14(20)12(8-3)17-13(19)11(7-2)15-5/h10-12,15H,6-8H2,1-5H3,(H,16,20)(H,17,19). The summed E-state index contributed by atoms with van der Waals surface area (Å²) in [5.74, 6) is -0.592. The van der Waals surface area contributed by atoms with E-state index < -0.39 is 12.1 Å². The van der Waals surface area contributed by atoms with E-state index in [1.807, 2.05) is 20.8 Å². The van der Waals surface area contributed by atoms with Crippen molar-refractivity contribution in [1.29, 1.82) is 0 Å². The highest BCUT2D eigenvalue weighted by Gasteiger charge is 2.25. The minimum Gasteiger partial charge on any atom is -0.345 e. The van der Waals surface area contributed by atoms with Crippen LogP contribution in [-0.4, -0.2) is 42.8 Å². The molecule has 116 valence electrons. The zero-order valence-electron chi connectivity index (χ0n) is 13.1. The minimum atomic E-state index is -0.613. The van der Waals surface area contributed by atoms with Gasteiger partial charge in [-0.15, -0.1) is 0 Å². The van der Waals surface area contributed by atoms with E-state index in [0.717, 1.165) is 0 Å². The van der Waals surface area contributed by atoms with Crippen molar-refractivity contribution in [2.75, 3.05) is 7.05 Å². The molecule has 0 saturated carbocycles. The van der Waals surface area contributed by atoms with Crippen LogP contribution in [0.15, 0.2) is 0 Å². The second kappa shape index (κ2) is 9.47. The Labute approximate surface area is 121 Å². The Morgan fingerprint density at radius 2 is 1.20 bits per heavy atom. The zero-order valence-corrected chi connectivity index (χ0v) is 13.1. The SMILES string of the molecule is CCC(NC(=O)C(CC)NC(=O)C(CC)NC)C(C)=O. The third-order valence-corrected chi connectivity index (χ3v) is 3.33. The molecule has 2 amide bonds. The first-order valence-corrected chi connectivity index (χ1v) is 7.19. The molecule has 6 nitrogen and oxygen atoms in total. The lowest BCUT2D eigenvalue weighted by Crippen LogP contribution is -2.54. The lowest BCUT2D eigenvalue weighted by Gasteiger charge is -2.22. The van der Waals surface area contributed by atoms with Gasteiger partial charge in [0.25, 0.3) is 0 Å². The fraction of sp³-hybridized carbons (Fsp3) is 0.786. The van der Waals surface area contributed by atoms with Gasteiger partial charge in [0.2, 0.25) is 11.8 Å². The second-order valence-electron chi connectivity index (χ2n) is 4.80. The van der Waals surface area contributed by atoms with Crippen molar-refractivity contribution in [3.8, 4) is 0 Å². The number of likely N-dealkylation sites (N-methyl/N-ethyl adjacent to an activating group) is 1. The predicted octanol–water partition coefficient (Wildman–Crippen LogP) is 0.363. The van der Waals surface area contributed by atoms with Gasteiger partial charge in [0.15, 0.2) is 5.78 Å². The molecule has 0 aliphatic rings. The van der Waals surface area contributed by atoms with E-state index >= 15 is 0 Å². The van der Waals surface area contributed by atoms with Gasteiger partial charge in [-0.2, -0.15) is 0 Å². The molecule has 0 saturated heterocycles. The van der Waals surface area contributed by atoms with Crippen LogP contribution in [0, 0.1) is 0 Å². The molecule has 3 atom stereocenters. The molecule has 0 spiro atoms. The number of carbonyl (C=O) groups is 3. The van der Waals surface area contributed by atoms with Crippen molar-refractivity contribution in [3.63, 3.8) is 0 Å². The first-order valence-electron chi connectivity index (χ1n) is 7.19. The summed E-state index contributed by atoms with van der Waals surface area (Å²) in [5.41, 5.74) is 0. The Bertz CT molecular complexity index is 341. The van der Waals surface area contributed by atoms with Gasteiger partial charge in [-0.05, 0) is 33.2 Å². The summed E-state index contributed by atoms with van der Waals surface area (Å²) in [7, 11) is 1.71. The summed E-state index contributed by atoms with van der Waals surface area (Å²) in [6.45, 7) is 6.99. The molecule has 3 unspecified atom stereocenters. The van der Waals surface area contributed by atoms with Crippen molar-refractivity contribution in [2.45, 2.75) is 65.1 Å². The van der Waals surface area contributed by atoms with Crippen molar-refractivity contribution >= 4 is 17.6 Å². The number of ketones is 1. The van der Waals surface area contributed by atoms with Gasteiger partial charge in [0, 0.05) is 0 Å². The molecule has 0 aromatic rings. The normalized spacial score (nSPS) is 15.1. The molecule has 0 heterocycles. The van der Waals surface area contributed by atoms with Crippen LogP contribution < -0.4 is 16.0 Å². The maximum Gasteiger partial charge on any atom is 0.243 e. The number of rotatable bonds is 9. The van der Waals surface area contributed by atoms with E-state index in [4.69, 9.17) is 0 Å². The van der Waals surface area contributed by atoms with Gasteiger partial charge in [0.1, 0.15) is 6.04 Å². The first-order chi connectivity index (χ1) is 9.40. The van der Waals surface area contributed by atoms with E-state index in [9.17, 15) is 14.4 Å². The summed E-state index contributed by atoms with van der Waals surface area (Å²) in [4.78, 5) is 35.4. The number of amides is 2. The van der Waals surface area contributed by atoms with Gasteiger partial charge in [0.05, 0.1) is 12.1 Å². The predicted molar refractivity (Wildman–Crippen MR) is 78.3 cm³/mol. The zero-order chi connectivity index (χ0) is 15.7. The van der Waals surface area contributed by atoms with Crippen LogP contribution in [0.25, 0.3) is 0 Å². The van der Waals surface area contributed by atoms with Crippen molar-refractivity contribution in [2.24, 2.45) is 0 Å². The molecule has 20 heavy (non-hydrogen) atoms. The quantitative estimate of drug-likeness (QED) is 0.571. The molecule has 0 rings (SSSR count). The molecular formula is C14H27N3O3. The highest BCUT2D eigenvalue weighted by molar-refractivity contribution is 5.92. The Kier molecular flexibility index (Phi) is 8.79. The summed E-state index contributed by atoms with van der Waals surface area (Å²) in [6, 6.07) is -1.41. The van der Waals surface area contributed by atoms with Crippen LogP contribution >= 0.6 is 0 Å². The van der Waals surface area contributed by atoms with E-state index in [1.165, 1.54) is 6.92 Å². The lowest BCUT2D eigenvalue weighted by molar-refractivity contribution is -0.131. The third kappa shape index (κ3) is 5.69. The van der Waals surface area contributed by atoms with E-state index in [2.05, 4.69) is 16.0 Å². The molecule has 0 aromatic heterocycles. The van der Waals surface area contributed by atoms with Gasteiger partial charge >= 0.3 is 0 Å². The molecule has 0 aliphatic carbocycles. The Hall–Kier alpha value is -1.43. The third-order valence-electron chi connectivity index (χ3n) is 3.33. The fourth-order valence-corrected chi connectivity index (χ4v) is 1.91. The summed E-state index contributed by atoms with van der Waals surface area (Å²) < 4.78 is 0. The van der Waals surface area contributed by atoms with Crippen LogP contribution in [0.5, 0.6) is 0 Å². The van der Waals surface area contributed by atoms with Gasteiger partial charge in [-0.3, -0.25) is 14.4 Å². The van der Waals surface area contributed by atoms with Crippen LogP contribution in [0.2, 0.25) is 0 Å². The van der Waals surface area contributed by atoms with E-state index in [-0.39, 0.29) is 23.6 Å². The van der Waals surface area contributed by atoms with Crippen LogP contribution in [0.1, 0.15) is 47.0 Å². The summed E-state index contributed by atoms with van der Waals surface area (Å²) in [5, 5.41) is 8.28. The molecular weight excluding hydrogens is 258 g/mol. The topological polar surface area (TPSA) is 87.3 Å². The second-order valence-corrected chi connectivity index (χ2v) is 4.80. The number of Topliss-reactive ketones (excluding diaryl/α,β-unsaturated/α-hetero) is 1. The Balaban J connectivity index is 4.63. The van der Waals surface area contributed by atoms with E-state index in [1.54, 1.807) is 7.05 Å². The number of hydrogen-bond acceptors (Lipinski definition) is 4. The smallest absolute Gasteiger partial charge is 0.243 e. The number of hydrogen-bond donors (Lipinski definition) is 3. The maximum atomic E-state index is 12.1. The highest BCUT2D eigenvalue weighted by atomic mass is 16.2. The van der Waals surface area contributed by atoms with Gasteiger partial charge in [-0.25, -0.2) is 0 Å². The van der Waals surface area contributed by atoms with Crippen molar-refractivity contribution in [3.05, 3.63) is 0 Å². The first kappa shape index (κ1) is 18.6. The highest BCUT2D eigenvalue weighted by Crippen LogP contribution is 1.99. The largest absolute Gasteiger partial charge is 0.345 e. The van der Waals surface area contributed by atoms with Gasteiger partial charge < -0.3 is 16.0 Å². The average molecular weight is 285 g/mol. The van der Waals surface area contributed by atoms with E-state index in [0.29, 0.717) is 19.3 Å². The monoisotopic (exact) mass is 285 g/mol. The van der Waals surface area contributed by atoms with Crippen molar-refractivity contribution in [1.82, 2.24) is 16.0 Å². The summed E-state index contributed by atoms with van der Waals surface area (Å²) in [6.07, 6.45) is 1.66. The molecule has 6 heteroatoms.